The Labute approximate surface area is 174 Å². The third-order valence-electron chi connectivity index (χ3n) is 4.80. The van der Waals surface area contributed by atoms with E-state index >= 15 is 0 Å². The number of carbonyl (C=O) groups is 1. The Kier molecular flexibility index (Phi) is 6.37. The van der Waals surface area contributed by atoms with Crippen LogP contribution in [0.15, 0.2) is 30.3 Å². The summed E-state index contributed by atoms with van der Waals surface area (Å²) in [6, 6.07) is 8.58. The third kappa shape index (κ3) is 3.73. The number of hydrogen-bond acceptors (Lipinski definition) is 7. The number of aromatic nitrogens is 1. The molecule has 0 radical (unpaired) electrons. The van der Waals surface area contributed by atoms with Gasteiger partial charge in [-0.15, -0.1) is 0 Å². The molecule has 0 bridgehead atoms. The summed E-state index contributed by atoms with van der Waals surface area (Å²) >= 11 is 0. The zero-order valence-electron chi connectivity index (χ0n) is 17.6. The van der Waals surface area contributed by atoms with Crippen molar-refractivity contribution in [3.63, 3.8) is 0 Å². The molecule has 1 aromatic heterocycles. The number of esters is 1. The van der Waals surface area contributed by atoms with E-state index in [1.807, 2.05) is 0 Å². The molecule has 3 rings (SSSR count). The van der Waals surface area contributed by atoms with Crippen LogP contribution in [0.4, 0.5) is 0 Å². The van der Waals surface area contributed by atoms with E-state index < -0.39 is 12.1 Å². The summed E-state index contributed by atoms with van der Waals surface area (Å²) < 4.78 is 26.6. The number of fused-ring (bicyclic) bond motifs is 1. The van der Waals surface area contributed by atoms with Crippen molar-refractivity contribution in [1.29, 1.82) is 0 Å². The van der Waals surface area contributed by atoms with Gasteiger partial charge in [0.1, 0.15) is 17.5 Å². The molecule has 0 fully saturated rings. The number of carbonyl (C=O) groups excluding carboxylic acids is 1. The minimum atomic E-state index is -1.18. The minimum Gasteiger partial charge on any atom is -0.497 e. The van der Waals surface area contributed by atoms with E-state index in [4.69, 9.17) is 23.7 Å². The number of ether oxygens (including phenoxy) is 5. The number of H-pyrrole nitrogens is 1. The van der Waals surface area contributed by atoms with Crippen molar-refractivity contribution in [3.05, 3.63) is 47.2 Å². The minimum absolute atomic E-state index is 0.168. The van der Waals surface area contributed by atoms with Crippen molar-refractivity contribution in [1.82, 2.24) is 4.98 Å². The molecule has 0 aliphatic heterocycles. The van der Waals surface area contributed by atoms with Gasteiger partial charge in [-0.05, 0) is 42.8 Å². The molecule has 0 aliphatic rings. The van der Waals surface area contributed by atoms with Crippen LogP contribution >= 0.6 is 0 Å². The second-order valence-electron chi connectivity index (χ2n) is 6.41. The number of benzene rings is 2. The fourth-order valence-corrected chi connectivity index (χ4v) is 3.39. The Morgan fingerprint density at radius 2 is 1.67 bits per heavy atom. The van der Waals surface area contributed by atoms with Crippen molar-refractivity contribution < 1.29 is 33.6 Å². The lowest BCUT2D eigenvalue weighted by molar-refractivity contribution is 0.0515. The van der Waals surface area contributed by atoms with Gasteiger partial charge in [0.05, 0.1) is 35.0 Å². The van der Waals surface area contributed by atoms with Crippen molar-refractivity contribution in [3.8, 4) is 23.0 Å². The maximum Gasteiger partial charge on any atom is 0.355 e. The molecule has 8 nitrogen and oxygen atoms in total. The molecule has 1 heterocycles. The van der Waals surface area contributed by atoms with Crippen LogP contribution in [0.2, 0.25) is 0 Å². The summed E-state index contributed by atoms with van der Waals surface area (Å²) in [4.78, 5) is 15.7. The first kappa shape index (κ1) is 21.3. The van der Waals surface area contributed by atoms with E-state index in [1.165, 1.54) is 21.3 Å². The van der Waals surface area contributed by atoms with Gasteiger partial charge in [-0.2, -0.15) is 0 Å². The van der Waals surface area contributed by atoms with Crippen molar-refractivity contribution in [2.75, 3.05) is 35.0 Å². The second-order valence-corrected chi connectivity index (χ2v) is 6.41. The Balaban J connectivity index is 2.24. The van der Waals surface area contributed by atoms with E-state index in [0.717, 1.165) is 0 Å². The molecule has 2 N–H and O–H groups in total. The van der Waals surface area contributed by atoms with Crippen molar-refractivity contribution in [2.24, 2.45) is 0 Å². The number of rotatable bonds is 8. The highest BCUT2D eigenvalue weighted by Gasteiger charge is 2.27. The van der Waals surface area contributed by atoms with Crippen LogP contribution in [-0.4, -0.2) is 51.1 Å². The summed E-state index contributed by atoms with van der Waals surface area (Å²) in [7, 11) is 6.04. The number of aliphatic hydroxyl groups is 1. The largest absolute Gasteiger partial charge is 0.497 e. The molecule has 3 aromatic rings. The summed E-state index contributed by atoms with van der Waals surface area (Å²) in [6.45, 7) is 1.93. The second kappa shape index (κ2) is 8.96. The first-order chi connectivity index (χ1) is 14.5. The fraction of sp³-hybridized carbons (Fsp3) is 0.318. The van der Waals surface area contributed by atoms with Gasteiger partial charge in [-0.3, -0.25) is 0 Å². The van der Waals surface area contributed by atoms with E-state index in [-0.39, 0.29) is 12.3 Å². The highest BCUT2D eigenvalue weighted by Crippen LogP contribution is 2.42. The highest BCUT2D eigenvalue weighted by molar-refractivity contribution is 5.99. The molecule has 1 atom stereocenters. The number of nitrogens with one attached hydrogen (secondary N) is 1. The zero-order valence-corrected chi connectivity index (χ0v) is 17.6. The first-order valence-corrected chi connectivity index (χ1v) is 9.33. The summed E-state index contributed by atoms with van der Waals surface area (Å²) in [5, 5.41) is 12.0. The maximum atomic E-state index is 12.6. The predicted octanol–water partition coefficient (Wildman–Crippen LogP) is 3.46. The molecular formula is C22H25NO7. The summed E-state index contributed by atoms with van der Waals surface area (Å²) in [6.07, 6.45) is -1.18. The van der Waals surface area contributed by atoms with Crippen molar-refractivity contribution >= 4 is 16.9 Å². The maximum absolute atomic E-state index is 12.6. The van der Waals surface area contributed by atoms with Crippen LogP contribution in [-0.2, 0) is 4.74 Å². The lowest BCUT2D eigenvalue weighted by atomic mass is 9.97. The molecule has 2 aromatic carbocycles. The Hall–Kier alpha value is -3.39. The normalized spacial score (nSPS) is 11.8. The van der Waals surface area contributed by atoms with Gasteiger partial charge in [-0.25, -0.2) is 4.79 Å². The number of hydrogen-bond donors (Lipinski definition) is 2. The zero-order chi connectivity index (χ0) is 21.8. The molecule has 160 valence electrons. The SMILES string of the molecule is CCOC(=O)c1[nH]c2ccc(OC)cc2c1C(O)c1cc(OC)c(OC)c(OC)c1. The molecule has 1 unspecified atom stereocenters. The van der Waals surface area contributed by atoms with Crippen LogP contribution in [0.5, 0.6) is 23.0 Å². The lowest BCUT2D eigenvalue weighted by Gasteiger charge is -2.18. The molecule has 0 spiro atoms. The Morgan fingerprint density at radius 3 is 2.20 bits per heavy atom. The molecular weight excluding hydrogens is 390 g/mol. The number of methoxy groups -OCH3 is 4. The lowest BCUT2D eigenvalue weighted by Crippen LogP contribution is -2.11. The standard InChI is InChI=1S/C22H25NO7/c1-6-30-22(25)19-18(14-11-13(26-2)7-8-15(14)23-19)20(24)12-9-16(27-3)21(29-5)17(10-12)28-4/h7-11,20,23-24H,6H2,1-5H3. The highest BCUT2D eigenvalue weighted by atomic mass is 16.5. The summed E-state index contributed by atoms with van der Waals surface area (Å²) in [5.41, 5.74) is 1.66. The first-order valence-electron chi connectivity index (χ1n) is 9.33. The molecule has 8 heteroatoms. The van der Waals surface area contributed by atoms with Crippen LogP contribution in [0.3, 0.4) is 0 Å². The number of aliphatic hydroxyl groups excluding tert-OH is 1. The van der Waals surface area contributed by atoms with Crippen LogP contribution in [0, 0.1) is 0 Å². The van der Waals surface area contributed by atoms with E-state index in [9.17, 15) is 9.90 Å². The molecule has 30 heavy (non-hydrogen) atoms. The molecule has 0 amide bonds. The van der Waals surface area contributed by atoms with Gasteiger partial charge in [0.15, 0.2) is 11.5 Å². The monoisotopic (exact) mass is 415 g/mol. The molecule has 0 saturated heterocycles. The van der Waals surface area contributed by atoms with Crippen LogP contribution in [0.1, 0.15) is 34.6 Å². The Morgan fingerprint density at radius 1 is 1.00 bits per heavy atom. The molecule has 0 saturated carbocycles. The number of aromatic amines is 1. The van der Waals surface area contributed by atoms with Crippen LogP contribution < -0.4 is 18.9 Å². The topological polar surface area (TPSA) is 99.2 Å². The smallest absolute Gasteiger partial charge is 0.355 e. The predicted molar refractivity (Wildman–Crippen MR) is 111 cm³/mol. The quantitative estimate of drug-likeness (QED) is 0.544. The average Bonchev–Trinajstić information content (AvgIpc) is 3.16. The van der Waals surface area contributed by atoms with Gasteiger partial charge in [-0.1, -0.05) is 0 Å². The van der Waals surface area contributed by atoms with Gasteiger partial charge >= 0.3 is 5.97 Å². The fourth-order valence-electron chi connectivity index (χ4n) is 3.39. The van der Waals surface area contributed by atoms with Crippen molar-refractivity contribution in [2.45, 2.75) is 13.0 Å². The molecule has 0 aliphatic carbocycles. The third-order valence-corrected chi connectivity index (χ3v) is 4.80. The van der Waals surface area contributed by atoms with E-state index in [0.29, 0.717) is 45.0 Å². The van der Waals surface area contributed by atoms with E-state index in [2.05, 4.69) is 4.98 Å². The van der Waals surface area contributed by atoms with Gasteiger partial charge in [0.2, 0.25) is 5.75 Å². The van der Waals surface area contributed by atoms with Gasteiger partial charge in [0, 0.05) is 16.5 Å². The van der Waals surface area contributed by atoms with E-state index in [1.54, 1.807) is 44.4 Å². The van der Waals surface area contributed by atoms with Crippen LogP contribution in [0.25, 0.3) is 10.9 Å². The van der Waals surface area contributed by atoms with Gasteiger partial charge < -0.3 is 33.8 Å². The average molecular weight is 415 g/mol. The summed E-state index contributed by atoms with van der Waals surface area (Å²) in [5.74, 6) is 1.22. The Bertz CT molecular complexity index is 1030. The van der Waals surface area contributed by atoms with Gasteiger partial charge in [0.25, 0.3) is 0 Å².